The van der Waals surface area contributed by atoms with Gasteiger partial charge in [0.05, 0.1) is 29.1 Å². The molecule has 0 saturated carbocycles. The number of allylic oxidation sites excluding steroid dienone is 1. The third-order valence-corrected chi connectivity index (χ3v) is 8.64. The minimum Gasteiger partial charge on any atom is -0.479 e. The number of benzene rings is 2. The number of nitrogens with zero attached hydrogens (tertiary/aromatic N) is 4. The van der Waals surface area contributed by atoms with Gasteiger partial charge in [0, 0.05) is 30.4 Å². The standard InChI is InChI=1S/C36H42N4O4/c1-24-31(32(34(41)42)44-35(2,3)4)33-39-19-17-36(5,18-20-39)43-21-10-6-7-12-25-13-8-9-16-28(25)26-14-11-15-27(22-26)29-23-30(37-24)40(33)38-29/h6,8-11,13-16,22-23,32H,7,12,17-21H2,1-5H3,(H,41,42)/t32-/m0/s1. The number of ether oxygens (including phenoxy) is 2. The second-order valence-electron chi connectivity index (χ2n) is 13.2. The minimum atomic E-state index is -1.20. The van der Waals surface area contributed by atoms with Crippen molar-refractivity contribution in [3.05, 3.63) is 83.6 Å². The van der Waals surface area contributed by atoms with Gasteiger partial charge in [0.15, 0.2) is 11.8 Å². The molecule has 8 nitrogen and oxygen atoms in total. The molecule has 230 valence electrons. The number of carboxylic acid groups (broad SMARTS) is 1. The highest BCUT2D eigenvalue weighted by Gasteiger charge is 2.37. The number of fused-ring (bicyclic) bond motifs is 6. The first-order valence-electron chi connectivity index (χ1n) is 15.5. The minimum absolute atomic E-state index is 0.278. The molecule has 1 saturated heterocycles. The highest BCUT2D eigenvalue weighted by molar-refractivity contribution is 5.79. The molecule has 2 aromatic heterocycles. The van der Waals surface area contributed by atoms with Crippen molar-refractivity contribution < 1.29 is 19.4 Å². The molecule has 0 amide bonds. The predicted molar refractivity (Wildman–Crippen MR) is 173 cm³/mol. The molecular weight excluding hydrogens is 552 g/mol. The van der Waals surface area contributed by atoms with E-state index in [2.05, 4.69) is 72.5 Å². The van der Waals surface area contributed by atoms with E-state index in [1.807, 2.05) is 38.3 Å². The fourth-order valence-corrected chi connectivity index (χ4v) is 6.33. The van der Waals surface area contributed by atoms with E-state index in [-0.39, 0.29) is 5.60 Å². The third-order valence-electron chi connectivity index (χ3n) is 8.64. The van der Waals surface area contributed by atoms with Gasteiger partial charge in [-0.05, 0) is 83.1 Å². The van der Waals surface area contributed by atoms with Crippen molar-refractivity contribution in [3.63, 3.8) is 0 Å². The van der Waals surface area contributed by atoms with Crippen molar-refractivity contribution in [2.75, 3.05) is 24.6 Å². The summed E-state index contributed by atoms with van der Waals surface area (Å²) < 4.78 is 14.4. The van der Waals surface area contributed by atoms with Crippen LogP contribution in [0.15, 0.2) is 66.7 Å². The lowest BCUT2D eigenvalue weighted by molar-refractivity contribution is -0.160. The number of anilines is 1. The van der Waals surface area contributed by atoms with Crippen molar-refractivity contribution >= 4 is 17.4 Å². The largest absolute Gasteiger partial charge is 0.479 e. The van der Waals surface area contributed by atoms with Crippen LogP contribution in [0, 0.1) is 6.92 Å². The molecule has 1 atom stereocenters. The van der Waals surface area contributed by atoms with Crippen LogP contribution in [0.1, 0.15) is 69.9 Å². The molecule has 1 fully saturated rings. The summed E-state index contributed by atoms with van der Waals surface area (Å²) in [5, 5.41) is 15.5. The van der Waals surface area contributed by atoms with Gasteiger partial charge in [-0.1, -0.05) is 54.6 Å². The molecule has 5 heterocycles. The van der Waals surface area contributed by atoms with E-state index in [1.54, 1.807) is 0 Å². The first-order valence-corrected chi connectivity index (χ1v) is 15.5. The maximum absolute atomic E-state index is 12.8. The Morgan fingerprint density at radius 1 is 1.05 bits per heavy atom. The lowest BCUT2D eigenvalue weighted by atomic mass is 9.92. The van der Waals surface area contributed by atoms with Crippen LogP contribution in [-0.4, -0.2) is 56.6 Å². The van der Waals surface area contributed by atoms with Gasteiger partial charge in [-0.25, -0.2) is 9.78 Å². The first-order chi connectivity index (χ1) is 21.0. The molecule has 44 heavy (non-hydrogen) atoms. The van der Waals surface area contributed by atoms with Gasteiger partial charge >= 0.3 is 5.97 Å². The number of carboxylic acids is 1. The van der Waals surface area contributed by atoms with E-state index >= 15 is 0 Å². The summed E-state index contributed by atoms with van der Waals surface area (Å²) in [6.07, 6.45) is 6.62. The molecular formula is C36H42N4O4. The van der Waals surface area contributed by atoms with E-state index in [0.29, 0.717) is 36.6 Å². The molecule has 6 bridgehead atoms. The Morgan fingerprint density at radius 2 is 1.80 bits per heavy atom. The summed E-state index contributed by atoms with van der Waals surface area (Å²) in [6.45, 7) is 11.6. The summed E-state index contributed by atoms with van der Waals surface area (Å²) in [5.74, 6) is -0.330. The zero-order valence-electron chi connectivity index (χ0n) is 26.3. The first kappa shape index (κ1) is 30.0. The van der Waals surface area contributed by atoms with Crippen molar-refractivity contribution in [2.24, 2.45) is 0 Å². The zero-order valence-corrected chi connectivity index (χ0v) is 26.3. The van der Waals surface area contributed by atoms with Crippen LogP contribution >= 0.6 is 0 Å². The Bertz CT molecular complexity index is 1710. The number of aromatic nitrogens is 3. The van der Waals surface area contributed by atoms with Crippen LogP contribution in [0.25, 0.3) is 28.0 Å². The summed E-state index contributed by atoms with van der Waals surface area (Å²) in [5.41, 5.74) is 6.26. The van der Waals surface area contributed by atoms with Crippen molar-refractivity contribution in [1.82, 2.24) is 14.6 Å². The van der Waals surface area contributed by atoms with Crippen LogP contribution in [0.5, 0.6) is 0 Å². The Hall–Kier alpha value is -4.01. The van der Waals surface area contributed by atoms with Gasteiger partial charge in [-0.3, -0.25) is 0 Å². The third kappa shape index (κ3) is 6.14. The molecule has 1 N–H and O–H groups in total. The molecule has 0 spiro atoms. The number of hydrogen-bond acceptors (Lipinski definition) is 6. The molecule has 4 aromatic rings. The molecule has 3 aliphatic rings. The topological polar surface area (TPSA) is 89.2 Å². The summed E-state index contributed by atoms with van der Waals surface area (Å²) in [7, 11) is 0. The van der Waals surface area contributed by atoms with E-state index < -0.39 is 17.7 Å². The molecule has 8 heteroatoms. The number of piperidine rings is 1. The van der Waals surface area contributed by atoms with Gasteiger partial charge in [0.25, 0.3) is 0 Å². The average molecular weight is 595 g/mol. The second kappa shape index (κ2) is 11.8. The fourth-order valence-electron chi connectivity index (χ4n) is 6.33. The zero-order chi connectivity index (χ0) is 31.1. The van der Waals surface area contributed by atoms with Crippen LogP contribution in [0.2, 0.25) is 0 Å². The SMILES string of the molecule is Cc1nc2cc3nn2c(c1[C@H](OC(C)(C)C)C(=O)O)N1CCC(C)(CC1)OCC=CCCc1ccccc1-c1cccc-3c1. The maximum atomic E-state index is 12.8. The number of aliphatic carboxylic acids is 1. The van der Waals surface area contributed by atoms with Gasteiger partial charge in [0.2, 0.25) is 0 Å². The summed E-state index contributed by atoms with van der Waals surface area (Å²) in [6, 6.07) is 19.0. The number of carbonyl (C=O) groups is 1. The molecule has 7 rings (SSSR count). The predicted octanol–water partition coefficient (Wildman–Crippen LogP) is 7.19. The Balaban J connectivity index is 1.55. The normalized spacial score (nSPS) is 17.6. The maximum Gasteiger partial charge on any atom is 0.337 e. The number of rotatable bonds is 3. The summed E-state index contributed by atoms with van der Waals surface area (Å²) in [4.78, 5) is 19.9. The van der Waals surface area contributed by atoms with E-state index in [1.165, 1.54) is 11.1 Å². The van der Waals surface area contributed by atoms with Gasteiger partial charge in [-0.15, -0.1) is 0 Å². The monoisotopic (exact) mass is 594 g/mol. The van der Waals surface area contributed by atoms with Crippen molar-refractivity contribution in [1.29, 1.82) is 0 Å². The Labute approximate surface area is 259 Å². The number of aryl methyl sites for hydroxylation is 2. The van der Waals surface area contributed by atoms with Gasteiger partial charge in [0.1, 0.15) is 5.82 Å². The molecule has 0 radical (unpaired) electrons. The van der Waals surface area contributed by atoms with Crippen LogP contribution in [0.4, 0.5) is 5.82 Å². The van der Waals surface area contributed by atoms with Crippen molar-refractivity contribution in [2.45, 2.75) is 77.6 Å². The Kier molecular flexibility index (Phi) is 8.07. The van der Waals surface area contributed by atoms with E-state index in [4.69, 9.17) is 19.6 Å². The van der Waals surface area contributed by atoms with Crippen LogP contribution < -0.4 is 4.90 Å². The fraction of sp³-hybridized carbons (Fsp3) is 0.417. The number of hydrogen-bond donors (Lipinski definition) is 1. The Morgan fingerprint density at radius 3 is 2.55 bits per heavy atom. The highest BCUT2D eigenvalue weighted by Crippen LogP contribution is 2.39. The second-order valence-corrected chi connectivity index (χ2v) is 13.2. The summed E-state index contributed by atoms with van der Waals surface area (Å²) >= 11 is 0. The van der Waals surface area contributed by atoms with Crippen LogP contribution in [0.3, 0.4) is 0 Å². The van der Waals surface area contributed by atoms with Gasteiger partial charge < -0.3 is 19.5 Å². The van der Waals surface area contributed by atoms with Crippen molar-refractivity contribution in [3.8, 4) is 22.4 Å². The van der Waals surface area contributed by atoms with E-state index in [9.17, 15) is 9.90 Å². The lowest BCUT2D eigenvalue weighted by Crippen LogP contribution is -2.45. The highest BCUT2D eigenvalue weighted by atomic mass is 16.5. The lowest BCUT2D eigenvalue weighted by Gasteiger charge is -2.41. The quantitative estimate of drug-likeness (QED) is 0.251. The molecule has 2 aromatic carbocycles. The van der Waals surface area contributed by atoms with E-state index in [0.717, 1.165) is 48.3 Å². The molecule has 0 unspecified atom stereocenters. The van der Waals surface area contributed by atoms with Gasteiger partial charge in [-0.2, -0.15) is 9.61 Å². The molecule has 0 aliphatic carbocycles. The molecule has 3 aliphatic heterocycles. The van der Waals surface area contributed by atoms with Crippen LogP contribution in [-0.2, 0) is 20.7 Å². The average Bonchev–Trinajstić information content (AvgIpc) is 3.41. The smallest absolute Gasteiger partial charge is 0.337 e.